The van der Waals surface area contributed by atoms with Gasteiger partial charge in [0, 0.05) is 12.6 Å². The molecule has 0 atom stereocenters. The van der Waals surface area contributed by atoms with Crippen LogP contribution in [0.25, 0.3) is 6.08 Å². The Hall–Kier alpha value is -2.36. The van der Waals surface area contributed by atoms with Gasteiger partial charge in [0.1, 0.15) is 0 Å². The Morgan fingerprint density at radius 1 is 1.15 bits per heavy atom. The predicted octanol–water partition coefficient (Wildman–Crippen LogP) is 3.90. The third kappa shape index (κ3) is 5.07. The first-order valence-corrected chi connectivity index (χ1v) is 8.02. The Morgan fingerprint density at radius 2 is 1.81 bits per heavy atom. The van der Waals surface area contributed by atoms with Gasteiger partial charge in [-0.05, 0) is 42.3 Å². The van der Waals surface area contributed by atoms with Crippen LogP contribution in [0, 0.1) is 23.3 Å². The maximum atomic E-state index is 13.7. The van der Waals surface area contributed by atoms with Gasteiger partial charge in [0.25, 0.3) is 5.91 Å². The summed E-state index contributed by atoms with van der Waals surface area (Å²) < 4.78 is 54.7. The second-order valence-electron chi connectivity index (χ2n) is 5.23. The van der Waals surface area contributed by atoms with Crippen LogP contribution < -0.4 is 5.48 Å². The second kappa shape index (κ2) is 8.84. The monoisotopic (exact) mass is 386 g/mol. The summed E-state index contributed by atoms with van der Waals surface area (Å²) in [4.78, 5) is 10.5. The van der Waals surface area contributed by atoms with Gasteiger partial charge in [-0.1, -0.05) is 24.3 Å². The Bertz CT molecular complexity index is 829. The molecule has 0 aromatic heterocycles. The molecule has 138 valence electrons. The molecule has 0 bridgehead atoms. The minimum atomic E-state index is -1.84. The van der Waals surface area contributed by atoms with Gasteiger partial charge >= 0.3 is 0 Å². The fourth-order valence-corrected chi connectivity index (χ4v) is 2.89. The Labute approximate surface area is 151 Å². The molecular weight excluding hydrogens is 372 g/mol. The van der Waals surface area contributed by atoms with E-state index in [0.717, 1.165) is 23.6 Å². The summed E-state index contributed by atoms with van der Waals surface area (Å²) in [6, 6.07) is 7.53. The predicted molar refractivity (Wildman–Crippen MR) is 89.0 cm³/mol. The van der Waals surface area contributed by atoms with Crippen LogP contribution in [0.1, 0.15) is 11.1 Å². The first kappa shape index (κ1) is 20.0. The largest absolute Gasteiger partial charge is 0.288 e. The zero-order chi connectivity index (χ0) is 19.3. The Morgan fingerprint density at radius 3 is 2.42 bits per heavy atom. The van der Waals surface area contributed by atoms with Crippen molar-refractivity contribution in [3.05, 3.63) is 70.8 Å². The van der Waals surface area contributed by atoms with E-state index >= 15 is 0 Å². The average Bonchev–Trinajstić information content (AvgIpc) is 2.63. The van der Waals surface area contributed by atoms with E-state index in [4.69, 9.17) is 5.21 Å². The van der Waals surface area contributed by atoms with Crippen LogP contribution in [0.3, 0.4) is 0 Å². The van der Waals surface area contributed by atoms with E-state index in [0.29, 0.717) is 18.2 Å². The molecule has 0 aliphatic rings. The summed E-state index contributed by atoms with van der Waals surface area (Å²) >= 11 is 0.740. The molecule has 1 amide bonds. The fourth-order valence-electron chi connectivity index (χ4n) is 2.02. The van der Waals surface area contributed by atoms with Crippen LogP contribution in [-0.2, 0) is 11.3 Å². The van der Waals surface area contributed by atoms with E-state index in [9.17, 15) is 22.4 Å². The van der Waals surface area contributed by atoms with Crippen molar-refractivity contribution < 1.29 is 27.6 Å². The molecule has 4 nitrogen and oxygen atoms in total. The van der Waals surface area contributed by atoms with Crippen LogP contribution in [0.4, 0.5) is 17.6 Å². The Balaban J connectivity index is 2.03. The lowest BCUT2D eigenvalue weighted by atomic mass is 10.1. The lowest BCUT2D eigenvalue weighted by Gasteiger charge is -2.16. The van der Waals surface area contributed by atoms with Crippen molar-refractivity contribution in [2.45, 2.75) is 11.4 Å². The lowest BCUT2D eigenvalue weighted by Crippen LogP contribution is -2.14. The SMILES string of the molecule is CN(Cc1ccc(/C=C/C(=O)NO)cc1)Sc1cc(F)c(F)c(F)c1F. The number of carbonyl (C=O) groups is 1. The van der Waals surface area contributed by atoms with Gasteiger partial charge in [-0.25, -0.2) is 27.3 Å². The number of amides is 1. The molecule has 9 heteroatoms. The van der Waals surface area contributed by atoms with E-state index in [1.807, 2.05) is 0 Å². The smallest absolute Gasteiger partial charge is 0.267 e. The van der Waals surface area contributed by atoms with Crippen molar-refractivity contribution >= 4 is 23.9 Å². The number of hydrogen-bond donors (Lipinski definition) is 2. The van der Waals surface area contributed by atoms with Gasteiger partial charge in [0.2, 0.25) is 0 Å². The number of halogens is 4. The number of hydroxylamine groups is 1. The fraction of sp³-hybridized carbons (Fsp3) is 0.118. The highest BCUT2D eigenvalue weighted by molar-refractivity contribution is 7.97. The Kier molecular flexibility index (Phi) is 6.78. The minimum Gasteiger partial charge on any atom is -0.288 e. The summed E-state index contributed by atoms with van der Waals surface area (Å²) in [5.74, 6) is -7.24. The van der Waals surface area contributed by atoms with E-state index in [1.165, 1.54) is 15.9 Å². The van der Waals surface area contributed by atoms with Gasteiger partial charge < -0.3 is 0 Å². The zero-order valence-corrected chi connectivity index (χ0v) is 14.3. The highest BCUT2D eigenvalue weighted by Gasteiger charge is 2.20. The van der Waals surface area contributed by atoms with Gasteiger partial charge in [-0.2, -0.15) is 0 Å². The van der Waals surface area contributed by atoms with Gasteiger partial charge in [-0.15, -0.1) is 0 Å². The molecule has 2 N–H and O–H groups in total. The van der Waals surface area contributed by atoms with E-state index in [2.05, 4.69) is 0 Å². The molecule has 0 saturated carbocycles. The van der Waals surface area contributed by atoms with E-state index < -0.39 is 29.2 Å². The molecule has 0 aliphatic heterocycles. The number of rotatable bonds is 6. The molecule has 26 heavy (non-hydrogen) atoms. The first-order chi connectivity index (χ1) is 12.3. The average molecular weight is 386 g/mol. The van der Waals surface area contributed by atoms with Crippen LogP contribution in [-0.4, -0.2) is 22.5 Å². The zero-order valence-electron chi connectivity index (χ0n) is 13.5. The molecule has 2 aromatic rings. The molecule has 2 rings (SSSR count). The van der Waals surface area contributed by atoms with Crippen LogP contribution >= 0.6 is 11.9 Å². The quantitative estimate of drug-likeness (QED) is 0.150. The molecule has 0 unspecified atom stereocenters. The van der Waals surface area contributed by atoms with Crippen LogP contribution in [0.15, 0.2) is 41.3 Å². The second-order valence-corrected chi connectivity index (χ2v) is 6.47. The summed E-state index contributed by atoms with van der Waals surface area (Å²) in [7, 11) is 1.59. The molecular formula is C17H14F4N2O2S. The van der Waals surface area contributed by atoms with E-state index in [-0.39, 0.29) is 4.90 Å². The molecule has 0 spiro atoms. The van der Waals surface area contributed by atoms with Crippen molar-refractivity contribution in [3.63, 3.8) is 0 Å². The maximum Gasteiger partial charge on any atom is 0.267 e. The van der Waals surface area contributed by atoms with Crippen LogP contribution in [0.2, 0.25) is 0 Å². The number of benzene rings is 2. The maximum absolute atomic E-state index is 13.7. The lowest BCUT2D eigenvalue weighted by molar-refractivity contribution is -0.124. The van der Waals surface area contributed by atoms with Gasteiger partial charge in [0.15, 0.2) is 23.3 Å². The molecule has 2 aromatic carbocycles. The highest BCUT2D eigenvalue weighted by atomic mass is 32.2. The molecule has 0 heterocycles. The van der Waals surface area contributed by atoms with Crippen molar-refractivity contribution in [2.24, 2.45) is 0 Å². The molecule has 0 aliphatic carbocycles. The summed E-state index contributed by atoms with van der Waals surface area (Å²) in [5, 5.41) is 8.39. The standard InChI is InChI=1S/C17H14F4N2O2S/c1-23(26-13-8-12(18)15(19)17(21)16(13)20)9-11-4-2-10(3-5-11)6-7-14(24)22-25/h2-8,25H,9H2,1H3,(H,22,24)/b7-6+. The third-order valence-electron chi connectivity index (χ3n) is 3.25. The number of carbonyl (C=O) groups excluding carboxylic acids is 1. The third-order valence-corrected chi connectivity index (χ3v) is 4.18. The van der Waals surface area contributed by atoms with Gasteiger partial charge in [0.05, 0.1) is 4.90 Å². The topological polar surface area (TPSA) is 52.6 Å². The van der Waals surface area contributed by atoms with Crippen molar-refractivity contribution in [1.82, 2.24) is 9.79 Å². The molecule has 0 saturated heterocycles. The molecule has 0 radical (unpaired) electrons. The summed E-state index contributed by atoms with van der Waals surface area (Å²) in [6.07, 6.45) is 2.64. The summed E-state index contributed by atoms with van der Waals surface area (Å²) in [5.41, 5.74) is 2.99. The van der Waals surface area contributed by atoms with Crippen LogP contribution in [0.5, 0.6) is 0 Å². The minimum absolute atomic E-state index is 0.311. The van der Waals surface area contributed by atoms with Crippen molar-refractivity contribution in [1.29, 1.82) is 0 Å². The normalized spacial score (nSPS) is 11.3. The first-order valence-electron chi connectivity index (χ1n) is 7.25. The highest BCUT2D eigenvalue weighted by Crippen LogP contribution is 2.29. The van der Waals surface area contributed by atoms with Crippen molar-refractivity contribution in [3.8, 4) is 0 Å². The van der Waals surface area contributed by atoms with Crippen molar-refractivity contribution in [2.75, 3.05) is 7.05 Å². The summed E-state index contributed by atoms with van der Waals surface area (Å²) in [6.45, 7) is 0.311. The van der Waals surface area contributed by atoms with Gasteiger partial charge in [-0.3, -0.25) is 10.0 Å². The number of nitrogens with zero attached hydrogens (tertiary/aromatic N) is 1. The van der Waals surface area contributed by atoms with E-state index in [1.54, 1.807) is 31.3 Å². The number of hydrogen-bond acceptors (Lipinski definition) is 4. The molecule has 0 fully saturated rings. The number of nitrogens with one attached hydrogen (secondary N) is 1.